The van der Waals surface area contributed by atoms with Crippen molar-refractivity contribution in [2.45, 2.75) is 26.8 Å². The third kappa shape index (κ3) is 2.58. The van der Waals surface area contributed by atoms with Gasteiger partial charge in [-0.25, -0.2) is 0 Å². The molecule has 0 aliphatic carbocycles. The first-order valence-electron chi connectivity index (χ1n) is 6.89. The SMILES string of the molecule is Cc1cc(C)cc(NCc2cccc3c2NCC3)c1. The van der Waals surface area contributed by atoms with Crippen LogP contribution in [-0.4, -0.2) is 6.54 Å². The molecule has 0 atom stereocenters. The van der Waals surface area contributed by atoms with Crippen molar-refractivity contribution in [1.82, 2.24) is 0 Å². The number of fused-ring (bicyclic) bond motifs is 1. The van der Waals surface area contributed by atoms with Crippen molar-refractivity contribution in [3.8, 4) is 0 Å². The van der Waals surface area contributed by atoms with Crippen LogP contribution in [0.15, 0.2) is 36.4 Å². The molecule has 0 spiro atoms. The number of hydrogen-bond acceptors (Lipinski definition) is 2. The lowest BCUT2D eigenvalue weighted by atomic mass is 10.1. The molecule has 0 fully saturated rings. The molecule has 2 N–H and O–H groups in total. The van der Waals surface area contributed by atoms with E-state index in [1.807, 2.05) is 0 Å². The third-order valence-electron chi connectivity index (χ3n) is 3.64. The van der Waals surface area contributed by atoms with Crippen LogP contribution in [0.2, 0.25) is 0 Å². The Hall–Kier alpha value is -1.96. The quantitative estimate of drug-likeness (QED) is 0.866. The standard InChI is InChI=1S/C17H20N2/c1-12-8-13(2)10-16(9-12)19-11-15-5-3-4-14-6-7-18-17(14)15/h3-5,8-10,18-19H,6-7,11H2,1-2H3. The molecule has 2 aromatic carbocycles. The van der Waals surface area contributed by atoms with Crippen LogP contribution >= 0.6 is 0 Å². The van der Waals surface area contributed by atoms with E-state index < -0.39 is 0 Å². The summed E-state index contributed by atoms with van der Waals surface area (Å²) in [5.74, 6) is 0. The van der Waals surface area contributed by atoms with Gasteiger partial charge >= 0.3 is 0 Å². The van der Waals surface area contributed by atoms with Crippen molar-refractivity contribution in [3.05, 3.63) is 58.7 Å². The monoisotopic (exact) mass is 252 g/mol. The maximum atomic E-state index is 3.53. The van der Waals surface area contributed by atoms with Gasteiger partial charge in [0.05, 0.1) is 0 Å². The van der Waals surface area contributed by atoms with Gasteiger partial charge in [0.15, 0.2) is 0 Å². The van der Waals surface area contributed by atoms with Crippen LogP contribution in [0.25, 0.3) is 0 Å². The molecule has 0 amide bonds. The van der Waals surface area contributed by atoms with Crippen molar-refractivity contribution in [2.75, 3.05) is 17.2 Å². The second-order valence-corrected chi connectivity index (χ2v) is 5.36. The second-order valence-electron chi connectivity index (χ2n) is 5.36. The van der Waals surface area contributed by atoms with E-state index in [0.717, 1.165) is 19.5 Å². The summed E-state index contributed by atoms with van der Waals surface area (Å²) in [6.07, 6.45) is 1.15. The van der Waals surface area contributed by atoms with E-state index in [2.05, 4.69) is 60.9 Å². The first kappa shape index (κ1) is 12.1. The first-order valence-corrected chi connectivity index (χ1v) is 6.89. The Balaban J connectivity index is 1.78. The van der Waals surface area contributed by atoms with Crippen LogP contribution in [0.3, 0.4) is 0 Å². The Labute approximate surface area is 114 Å². The molecule has 0 saturated carbocycles. The number of rotatable bonds is 3. The van der Waals surface area contributed by atoms with E-state index in [1.54, 1.807) is 0 Å². The van der Waals surface area contributed by atoms with Crippen LogP contribution in [-0.2, 0) is 13.0 Å². The predicted molar refractivity (Wildman–Crippen MR) is 81.9 cm³/mol. The number of benzene rings is 2. The number of para-hydroxylation sites is 1. The van der Waals surface area contributed by atoms with Crippen LogP contribution < -0.4 is 10.6 Å². The zero-order chi connectivity index (χ0) is 13.2. The van der Waals surface area contributed by atoms with Gasteiger partial charge in [-0.2, -0.15) is 0 Å². The molecule has 3 rings (SSSR count). The average molecular weight is 252 g/mol. The molecule has 19 heavy (non-hydrogen) atoms. The maximum Gasteiger partial charge on any atom is 0.0424 e. The summed E-state index contributed by atoms with van der Waals surface area (Å²) in [7, 11) is 0. The zero-order valence-corrected chi connectivity index (χ0v) is 11.6. The van der Waals surface area contributed by atoms with Crippen molar-refractivity contribution in [1.29, 1.82) is 0 Å². The van der Waals surface area contributed by atoms with Gasteiger partial charge in [0.1, 0.15) is 0 Å². The summed E-state index contributed by atoms with van der Waals surface area (Å²) >= 11 is 0. The molecule has 0 unspecified atom stereocenters. The lowest BCUT2D eigenvalue weighted by Gasteiger charge is -2.12. The molecule has 0 saturated heterocycles. The van der Waals surface area contributed by atoms with Gasteiger partial charge in [-0.05, 0) is 54.7 Å². The largest absolute Gasteiger partial charge is 0.384 e. The minimum Gasteiger partial charge on any atom is -0.384 e. The number of aryl methyl sites for hydroxylation is 2. The van der Waals surface area contributed by atoms with Gasteiger partial charge in [-0.3, -0.25) is 0 Å². The van der Waals surface area contributed by atoms with Gasteiger partial charge in [0.25, 0.3) is 0 Å². The van der Waals surface area contributed by atoms with E-state index >= 15 is 0 Å². The normalized spacial score (nSPS) is 12.9. The molecule has 2 nitrogen and oxygen atoms in total. The first-order chi connectivity index (χ1) is 9.22. The highest BCUT2D eigenvalue weighted by atomic mass is 14.9. The van der Waals surface area contributed by atoms with Crippen molar-refractivity contribution >= 4 is 11.4 Å². The molecule has 2 heteroatoms. The molecule has 1 aliphatic rings. The van der Waals surface area contributed by atoms with E-state index in [9.17, 15) is 0 Å². The summed E-state index contributed by atoms with van der Waals surface area (Å²) in [5, 5.41) is 7.02. The summed E-state index contributed by atoms with van der Waals surface area (Å²) in [6.45, 7) is 6.22. The summed E-state index contributed by atoms with van der Waals surface area (Å²) in [6, 6.07) is 13.2. The van der Waals surface area contributed by atoms with Gasteiger partial charge in [-0.1, -0.05) is 24.3 Å². The molecule has 2 aromatic rings. The minimum absolute atomic E-state index is 0.874. The van der Waals surface area contributed by atoms with E-state index in [1.165, 1.54) is 33.6 Å². The molecular formula is C17H20N2. The zero-order valence-electron chi connectivity index (χ0n) is 11.6. The Bertz CT molecular complexity index is 582. The average Bonchev–Trinajstić information content (AvgIpc) is 2.83. The molecule has 1 aliphatic heterocycles. The maximum absolute atomic E-state index is 3.53. The smallest absolute Gasteiger partial charge is 0.0424 e. The van der Waals surface area contributed by atoms with E-state index in [-0.39, 0.29) is 0 Å². The van der Waals surface area contributed by atoms with Crippen LogP contribution in [0, 0.1) is 13.8 Å². The Morgan fingerprint density at radius 1 is 1.11 bits per heavy atom. The number of hydrogen-bond donors (Lipinski definition) is 2. The molecule has 98 valence electrons. The Morgan fingerprint density at radius 3 is 2.68 bits per heavy atom. The fraction of sp³-hybridized carbons (Fsp3) is 0.294. The highest BCUT2D eigenvalue weighted by Gasteiger charge is 2.13. The molecule has 0 aromatic heterocycles. The van der Waals surface area contributed by atoms with Gasteiger partial charge in [0.2, 0.25) is 0 Å². The minimum atomic E-state index is 0.874. The number of nitrogens with one attached hydrogen (secondary N) is 2. The molecule has 1 heterocycles. The van der Waals surface area contributed by atoms with Gasteiger partial charge < -0.3 is 10.6 Å². The van der Waals surface area contributed by atoms with Crippen molar-refractivity contribution < 1.29 is 0 Å². The number of anilines is 2. The molecule has 0 bridgehead atoms. The fourth-order valence-corrected chi connectivity index (χ4v) is 2.83. The highest BCUT2D eigenvalue weighted by molar-refractivity contribution is 5.62. The van der Waals surface area contributed by atoms with Crippen molar-refractivity contribution in [2.24, 2.45) is 0 Å². The Kier molecular flexibility index (Phi) is 3.16. The lowest BCUT2D eigenvalue weighted by molar-refractivity contribution is 1.11. The highest BCUT2D eigenvalue weighted by Crippen LogP contribution is 2.27. The van der Waals surface area contributed by atoms with Crippen molar-refractivity contribution in [3.63, 3.8) is 0 Å². The summed E-state index contributed by atoms with van der Waals surface area (Å²) in [4.78, 5) is 0. The molecule has 0 radical (unpaired) electrons. The summed E-state index contributed by atoms with van der Waals surface area (Å²) in [5.41, 5.74) is 7.94. The van der Waals surface area contributed by atoms with E-state index in [0.29, 0.717) is 0 Å². The second kappa shape index (κ2) is 4.96. The van der Waals surface area contributed by atoms with Gasteiger partial charge in [0, 0.05) is 24.5 Å². The third-order valence-corrected chi connectivity index (χ3v) is 3.64. The Morgan fingerprint density at radius 2 is 1.89 bits per heavy atom. The van der Waals surface area contributed by atoms with Crippen LogP contribution in [0.5, 0.6) is 0 Å². The topological polar surface area (TPSA) is 24.1 Å². The van der Waals surface area contributed by atoms with E-state index in [4.69, 9.17) is 0 Å². The summed E-state index contributed by atoms with van der Waals surface area (Å²) < 4.78 is 0. The van der Waals surface area contributed by atoms with Crippen LogP contribution in [0.1, 0.15) is 22.3 Å². The van der Waals surface area contributed by atoms with Crippen LogP contribution in [0.4, 0.5) is 11.4 Å². The van der Waals surface area contributed by atoms with Gasteiger partial charge in [-0.15, -0.1) is 0 Å². The lowest BCUT2D eigenvalue weighted by Crippen LogP contribution is -2.03. The predicted octanol–water partition coefficient (Wildman–Crippen LogP) is 3.88. The fourth-order valence-electron chi connectivity index (χ4n) is 2.83. The molecular weight excluding hydrogens is 232 g/mol.